The number of ketones is 1. The van der Waals surface area contributed by atoms with Crippen LogP contribution in [0.5, 0.6) is 0 Å². The molecule has 2 rings (SSSR count). The Kier molecular flexibility index (Phi) is 3.19. The second-order valence-electron chi connectivity index (χ2n) is 4.42. The third kappa shape index (κ3) is 2.67. The van der Waals surface area contributed by atoms with Gasteiger partial charge < -0.3 is 0 Å². The molecule has 82 valence electrons. The fourth-order valence-electron chi connectivity index (χ4n) is 1.99. The molecule has 0 aromatic carbocycles. The average Bonchev–Trinajstić information content (AvgIpc) is 2.59. The van der Waals surface area contributed by atoms with E-state index >= 15 is 0 Å². The highest BCUT2D eigenvalue weighted by atomic mass is 16.1. The van der Waals surface area contributed by atoms with Gasteiger partial charge in [-0.3, -0.25) is 9.48 Å². The van der Waals surface area contributed by atoms with Crippen molar-refractivity contribution in [2.45, 2.75) is 45.6 Å². The summed E-state index contributed by atoms with van der Waals surface area (Å²) in [5, 5.41) is 4.17. The van der Waals surface area contributed by atoms with Crippen molar-refractivity contribution in [3.05, 3.63) is 18.0 Å². The first-order valence-electron chi connectivity index (χ1n) is 5.81. The van der Waals surface area contributed by atoms with Crippen LogP contribution in [0.3, 0.4) is 0 Å². The average molecular weight is 206 g/mol. The molecule has 0 atom stereocenters. The molecular formula is C12H18N2O. The van der Waals surface area contributed by atoms with Gasteiger partial charge in [-0.1, -0.05) is 19.3 Å². The molecular weight excluding hydrogens is 188 g/mol. The van der Waals surface area contributed by atoms with Crippen LogP contribution in [0.15, 0.2) is 12.4 Å². The van der Waals surface area contributed by atoms with Gasteiger partial charge >= 0.3 is 0 Å². The van der Waals surface area contributed by atoms with E-state index in [-0.39, 0.29) is 0 Å². The van der Waals surface area contributed by atoms with Gasteiger partial charge in [-0.25, -0.2) is 0 Å². The number of rotatable bonds is 5. The summed E-state index contributed by atoms with van der Waals surface area (Å²) >= 11 is 0. The molecule has 1 fully saturated rings. The third-order valence-corrected chi connectivity index (χ3v) is 3.15. The Morgan fingerprint density at radius 2 is 2.40 bits per heavy atom. The SMILES string of the molecule is CCn1cc(CC(=O)CC2CCC2)cn1. The van der Waals surface area contributed by atoms with Gasteiger partial charge in [0, 0.05) is 25.6 Å². The summed E-state index contributed by atoms with van der Waals surface area (Å²) in [6.45, 7) is 2.92. The van der Waals surface area contributed by atoms with Crippen LogP contribution in [-0.2, 0) is 17.8 Å². The van der Waals surface area contributed by atoms with Crippen LogP contribution in [0, 0.1) is 5.92 Å². The molecule has 0 amide bonds. The highest BCUT2D eigenvalue weighted by molar-refractivity contribution is 5.81. The van der Waals surface area contributed by atoms with Crippen molar-refractivity contribution in [3.63, 3.8) is 0 Å². The van der Waals surface area contributed by atoms with Crippen molar-refractivity contribution in [2.75, 3.05) is 0 Å². The zero-order valence-corrected chi connectivity index (χ0v) is 9.28. The molecule has 0 radical (unpaired) electrons. The Bertz CT molecular complexity index is 339. The molecule has 3 nitrogen and oxygen atoms in total. The summed E-state index contributed by atoms with van der Waals surface area (Å²) in [7, 11) is 0. The van der Waals surface area contributed by atoms with Crippen LogP contribution in [0.25, 0.3) is 0 Å². The Labute approximate surface area is 90.5 Å². The quantitative estimate of drug-likeness (QED) is 0.740. The van der Waals surface area contributed by atoms with E-state index < -0.39 is 0 Å². The first-order chi connectivity index (χ1) is 7.28. The highest BCUT2D eigenvalue weighted by Gasteiger charge is 2.20. The van der Waals surface area contributed by atoms with Crippen molar-refractivity contribution >= 4 is 5.78 Å². The van der Waals surface area contributed by atoms with Gasteiger partial charge in [0.2, 0.25) is 0 Å². The number of aromatic nitrogens is 2. The summed E-state index contributed by atoms with van der Waals surface area (Å²) in [6.07, 6.45) is 8.93. The predicted octanol–water partition coefficient (Wildman–Crippen LogP) is 2.20. The largest absolute Gasteiger partial charge is 0.299 e. The molecule has 1 aliphatic rings. The number of aryl methyl sites for hydroxylation is 1. The van der Waals surface area contributed by atoms with Crippen LogP contribution >= 0.6 is 0 Å². The molecule has 1 saturated carbocycles. The molecule has 0 bridgehead atoms. The maximum atomic E-state index is 11.7. The van der Waals surface area contributed by atoms with Crippen molar-refractivity contribution in [2.24, 2.45) is 5.92 Å². The van der Waals surface area contributed by atoms with Gasteiger partial charge in [-0.15, -0.1) is 0 Å². The first kappa shape index (κ1) is 10.4. The third-order valence-electron chi connectivity index (χ3n) is 3.15. The summed E-state index contributed by atoms with van der Waals surface area (Å²) in [4.78, 5) is 11.7. The van der Waals surface area contributed by atoms with Crippen molar-refractivity contribution in [1.29, 1.82) is 0 Å². The topological polar surface area (TPSA) is 34.9 Å². The van der Waals surface area contributed by atoms with Gasteiger partial charge in [-0.05, 0) is 18.4 Å². The van der Waals surface area contributed by atoms with E-state index in [4.69, 9.17) is 0 Å². The Balaban J connectivity index is 1.82. The summed E-state index contributed by atoms with van der Waals surface area (Å²) in [5.74, 6) is 1.05. The fourth-order valence-corrected chi connectivity index (χ4v) is 1.99. The van der Waals surface area contributed by atoms with E-state index in [1.807, 2.05) is 24.0 Å². The molecule has 1 aromatic rings. The number of hydrogen-bond donors (Lipinski definition) is 0. The van der Waals surface area contributed by atoms with Crippen LogP contribution in [-0.4, -0.2) is 15.6 Å². The molecule has 0 saturated heterocycles. The minimum absolute atomic E-state index is 0.371. The van der Waals surface area contributed by atoms with E-state index in [9.17, 15) is 4.79 Å². The van der Waals surface area contributed by atoms with Crippen LogP contribution in [0.4, 0.5) is 0 Å². The van der Waals surface area contributed by atoms with Gasteiger partial charge in [0.25, 0.3) is 0 Å². The zero-order chi connectivity index (χ0) is 10.7. The lowest BCUT2D eigenvalue weighted by Gasteiger charge is -2.24. The molecule has 0 unspecified atom stereocenters. The van der Waals surface area contributed by atoms with Crippen LogP contribution in [0.1, 0.15) is 38.2 Å². The highest BCUT2D eigenvalue weighted by Crippen LogP contribution is 2.29. The van der Waals surface area contributed by atoms with Crippen molar-refractivity contribution < 1.29 is 4.79 Å². The Hall–Kier alpha value is -1.12. The van der Waals surface area contributed by atoms with Gasteiger partial charge in [0.1, 0.15) is 5.78 Å². The number of hydrogen-bond acceptors (Lipinski definition) is 2. The fraction of sp³-hybridized carbons (Fsp3) is 0.667. The molecule has 0 spiro atoms. The number of carbonyl (C=O) groups is 1. The summed E-state index contributed by atoms with van der Waals surface area (Å²) in [6, 6.07) is 0. The van der Waals surface area contributed by atoms with Crippen molar-refractivity contribution in [3.8, 4) is 0 Å². The van der Waals surface area contributed by atoms with E-state index in [0.717, 1.165) is 18.5 Å². The monoisotopic (exact) mass is 206 g/mol. The summed E-state index contributed by atoms with van der Waals surface area (Å²) in [5.41, 5.74) is 1.06. The lowest BCUT2D eigenvalue weighted by Crippen LogP contribution is -2.16. The lowest BCUT2D eigenvalue weighted by molar-refractivity contribution is -0.119. The van der Waals surface area contributed by atoms with Gasteiger partial charge in [0.15, 0.2) is 0 Å². The number of nitrogens with zero attached hydrogens (tertiary/aromatic N) is 2. The molecule has 15 heavy (non-hydrogen) atoms. The Morgan fingerprint density at radius 1 is 1.60 bits per heavy atom. The first-order valence-corrected chi connectivity index (χ1v) is 5.81. The van der Waals surface area contributed by atoms with E-state index in [1.165, 1.54) is 19.3 Å². The van der Waals surface area contributed by atoms with Gasteiger partial charge in [-0.2, -0.15) is 5.10 Å². The van der Waals surface area contributed by atoms with E-state index in [0.29, 0.717) is 18.1 Å². The molecule has 1 aliphatic carbocycles. The maximum absolute atomic E-state index is 11.7. The normalized spacial score (nSPS) is 16.3. The second-order valence-corrected chi connectivity index (χ2v) is 4.42. The van der Waals surface area contributed by atoms with E-state index in [2.05, 4.69) is 5.10 Å². The minimum atomic E-state index is 0.371. The van der Waals surface area contributed by atoms with Crippen molar-refractivity contribution in [1.82, 2.24) is 9.78 Å². The van der Waals surface area contributed by atoms with Crippen LogP contribution in [0.2, 0.25) is 0 Å². The Morgan fingerprint density at radius 3 is 2.93 bits per heavy atom. The maximum Gasteiger partial charge on any atom is 0.137 e. The molecule has 1 aromatic heterocycles. The summed E-state index contributed by atoms with van der Waals surface area (Å²) < 4.78 is 1.87. The predicted molar refractivity (Wildman–Crippen MR) is 58.6 cm³/mol. The number of Topliss-reactive ketones (excluding diaryl/α,β-unsaturated/α-hetero) is 1. The van der Waals surface area contributed by atoms with E-state index in [1.54, 1.807) is 0 Å². The second kappa shape index (κ2) is 4.60. The van der Waals surface area contributed by atoms with Crippen LogP contribution < -0.4 is 0 Å². The standard InChI is InChI=1S/C12H18N2O/c1-2-14-9-11(8-13-14)7-12(15)6-10-4-3-5-10/h8-10H,2-7H2,1H3. The molecule has 3 heteroatoms. The number of carbonyl (C=O) groups excluding carboxylic acids is 1. The van der Waals surface area contributed by atoms with Gasteiger partial charge in [0.05, 0.1) is 6.20 Å². The minimum Gasteiger partial charge on any atom is -0.299 e. The lowest BCUT2D eigenvalue weighted by atomic mass is 9.81. The zero-order valence-electron chi connectivity index (χ0n) is 9.28. The molecule has 0 N–H and O–H groups in total. The molecule has 0 aliphatic heterocycles. The smallest absolute Gasteiger partial charge is 0.137 e. The molecule has 1 heterocycles.